The van der Waals surface area contributed by atoms with Crippen molar-refractivity contribution < 1.29 is 40.6 Å². The van der Waals surface area contributed by atoms with Crippen molar-refractivity contribution in [2.45, 2.75) is 26.0 Å². The van der Waals surface area contributed by atoms with Crippen LogP contribution >= 0.6 is 0 Å². The Labute approximate surface area is 120 Å². The minimum atomic E-state index is -5.46. The van der Waals surface area contributed by atoms with Gasteiger partial charge in [-0.3, -0.25) is 0 Å². The summed E-state index contributed by atoms with van der Waals surface area (Å²) in [6.45, 7) is 0.298. The van der Waals surface area contributed by atoms with E-state index in [1.54, 1.807) is 0 Å². The number of halogens is 6. The summed E-state index contributed by atoms with van der Waals surface area (Å²) in [5.74, 6) is -3.25. The van der Waals surface area contributed by atoms with Crippen LogP contribution < -0.4 is 10.5 Å². The van der Waals surface area contributed by atoms with Gasteiger partial charge in [0.1, 0.15) is 5.56 Å². The first-order valence-corrected chi connectivity index (χ1v) is 5.73. The zero-order chi connectivity index (χ0) is 17.1. The summed E-state index contributed by atoms with van der Waals surface area (Å²) in [4.78, 5) is 14.7. The number of nitrogens with zero attached hydrogens (tertiary/aromatic N) is 1. The molecule has 0 aliphatic carbocycles. The Hall–Kier alpha value is -2.04. The number of ether oxygens (including phenoxy) is 2. The summed E-state index contributed by atoms with van der Waals surface area (Å²) in [5, 5.41) is 0. The van der Waals surface area contributed by atoms with E-state index in [2.05, 4.69) is 14.5 Å². The summed E-state index contributed by atoms with van der Waals surface area (Å²) in [6.07, 6.45) is -10.1. The number of esters is 1. The smallest absolute Gasteiger partial charge is 0.461 e. The zero-order valence-electron chi connectivity index (χ0n) is 11.0. The van der Waals surface area contributed by atoms with Crippen LogP contribution in [0.3, 0.4) is 0 Å². The number of carbonyl (C=O) groups is 1. The number of nitrogens with two attached hydrogens (primary N) is 1. The van der Waals surface area contributed by atoms with Crippen molar-refractivity contribution in [2.75, 3.05) is 6.61 Å². The molecule has 2 N–H and O–H groups in total. The molecule has 0 unspecified atom stereocenters. The first-order valence-electron chi connectivity index (χ1n) is 5.73. The second kappa shape index (κ2) is 6.38. The van der Waals surface area contributed by atoms with E-state index in [0.717, 1.165) is 0 Å². The molecule has 1 aromatic heterocycles. The third-order valence-corrected chi connectivity index (χ3v) is 2.30. The Balaban J connectivity index is 3.62. The van der Waals surface area contributed by atoms with Crippen LogP contribution in [0.25, 0.3) is 0 Å². The van der Waals surface area contributed by atoms with Gasteiger partial charge in [-0.05, 0) is 6.92 Å². The van der Waals surface area contributed by atoms with Crippen LogP contribution in [0.15, 0.2) is 6.20 Å². The van der Waals surface area contributed by atoms with Crippen LogP contribution in [0.2, 0.25) is 0 Å². The van der Waals surface area contributed by atoms with E-state index in [9.17, 15) is 31.1 Å². The van der Waals surface area contributed by atoms with E-state index in [-0.39, 0.29) is 6.61 Å². The van der Waals surface area contributed by atoms with Gasteiger partial charge < -0.3 is 15.2 Å². The third kappa shape index (κ3) is 4.23. The molecule has 22 heavy (non-hydrogen) atoms. The van der Waals surface area contributed by atoms with Crippen molar-refractivity contribution in [3.63, 3.8) is 0 Å². The molecule has 0 saturated heterocycles. The molecule has 5 nitrogen and oxygen atoms in total. The second-order valence-electron chi connectivity index (χ2n) is 3.81. The van der Waals surface area contributed by atoms with Crippen LogP contribution in [0.5, 0.6) is 5.75 Å². The van der Waals surface area contributed by atoms with Gasteiger partial charge in [0.05, 0.1) is 6.61 Å². The van der Waals surface area contributed by atoms with E-state index in [0.29, 0.717) is 6.20 Å². The molecule has 0 aromatic carbocycles. The lowest BCUT2D eigenvalue weighted by Gasteiger charge is -2.19. The molecule has 0 aliphatic heterocycles. The highest BCUT2D eigenvalue weighted by Crippen LogP contribution is 2.42. The molecule has 0 spiro atoms. The van der Waals surface area contributed by atoms with Crippen molar-refractivity contribution >= 4 is 5.97 Å². The molecular weight excluding hydrogens is 322 g/mol. The van der Waals surface area contributed by atoms with E-state index < -0.39 is 47.6 Å². The lowest BCUT2D eigenvalue weighted by molar-refractivity contribution is -0.276. The molecule has 0 saturated carbocycles. The quantitative estimate of drug-likeness (QED) is 0.678. The van der Waals surface area contributed by atoms with E-state index in [4.69, 9.17) is 5.73 Å². The van der Waals surface area contributed by atoms with Crippen LogP contribution in [0, 0.1) is 0 Å². The Morgan fingerprint density at radius 3 is 2.27 bits per heavy atom. The molecule has 0 bridgehead atoms. The van der Waals surface area contributed by atoms with Crippen LogP contribution in [0.1, 0.15) is 28.5 Å². The van der Waals surface area contributed by atoms with E-state index >= 15 is 0 Å². The minimum Gasteiger partial charge on any atom is -0.461 e. The van der Waals surface area contributed by atoms with Gasteiger partial charge in [-0.1, -0.05) is 0 Å². The molecule has 1 rings (SSSR count). The summed E-state index contributed by atoms with van der Waals surface area (Å²) >= 11 is 0. The van der Waals surface area contributed by atoms with Gasteiger partial charge in [-0.2, -0.15) is 13.2 Å². The zero-order valence-corrected chi connectivity index (χ0v) is 11.0. The number of pyridine rings is 1. The number of alkyl halides is 6. The Morgan fingerprint density at radius 2 is 1.86 bits per heavy atom. The fourth-order valence-corrected chi connectivity index (χ4v) is 1.56. The Kier molecular flexibility index (Phi) is 5.22. The number of carbonyl (C=O) groups excluding carboxylic acids is 1. The summed E-state index contributed by atoms with van der Waals surface area (Å²) in [7, 11) is 0. The summed E-state index contributed by atoms with van der Waals surface area (Å²) < 4.78 is 83.9. The predicted octanol–water partition coefficient (Wildman–Crippen LogP) is 2.63. The minimum absolute atomic E-state index is 0.272. The van der Waals surface area contributed by atoms with E-state index in [1.807, 2.05) is 0 Å². The molecule has 1 heterocycles. The van der Waals surface area contributed by atoms with Crippen molar-refractivity contribution in [1.29, 1.82) is 0 Å². The van der Waals surface area contributed by atoms with Crippen molar-refractivity contribution in [3.05, 3.63) is 23.0 Å². The largest absolute Gasteiger partial charge is 0.573 e. The van der Waals surface area contributed by atoms with Crippen LogP contribution in [-0.2, 0) is 17.5 Å². The van der Waals surface area contributed by atoms with Crippen molar-refractivity contribution in [3.8, 4) is 5.75 Å². The Morgan fingerprint density at radius 1 is 1.27 bits per heavy atom. The number of rotatable bonds is 4. The SMILES string of the molecule is CCOC(=O)c1ncc(CN)c(C(F)(F)F)c1OC(F)(F)F. The van der Waals surface area contributed by atoms with Gasteiger partial charge in [0, 0.05) is 18.3 Å². The predicted molar refractivity (Wildman–Crippen MR) is 59.8 cm³/mol. The van der Waals surface area contributed by atoms with Gasteiger partial charge in [0.25, 0.3) is 0 Å². The van der Waals surface area contributed by atoms with Gasteiger partial charge >= 0.3 is 18.5 Å². The monoisotopic (exact) mass is 332 g/mol. The highest BCUT2D eigenvalue weighted by Gasteiger charge is 2.44. The molecule has 1 aromatic rings. The molecule has 0 amide bonds. The topological polar surface area (TPSA) is 74.4 Å². The lowest BCUT2D eigenvalue weighted by atomic mass is 10.1. The fourth-order valence-electron chi connectivity index (χ4n) is 1.56. The number of hydrogen-bond acceptors (Lipinski definition) is 5. The fraction of sp³-hybridized carbons (Fsp3) is 0.455. The summed E-state index contributed by atoms with van der Waals surface area (Å²) in [5.41, 5.74) is 1.27. The van der Waals surface area contributed by atoms with Crippen molar-refractivity contribution in [1.82, 2.24) is 4.98 Å². The van der Waals surface area contributed by atoms with E-state index in [1.165, 1.54) is 6.92 Å². The molecular formula is C11H10F6N2O3. The van der Waals surface area contributed by atoms with Gasteiger partial charge in [0.15, 0.2) is 11.4 Å². The highest BCUT2D eigenvalue weighted by atomic mass is 19.4. The normalized spacial score (nSPS) is 12.2. The van der Waals surface area contributed by atoms with Crippen LogP contribution in [0.4, 0.5) is 26.3 Å². The van der Waals surface area contributed by atoms with Gasteiger partial charge in [-0.25, -0.2) is 9.78 Å². The number of hydrogen-bond donors (Lipinski definition) is 1. The molecule has 0 radical (unpaired) electrons. The highest BCUT2D eigenvalue weighted by molar-refractivity contribution is 5.91. The molecule has 0 atom stereocenters. The lowest BCUT2D eigenvalue weighted by Crippen LogP contribution is -2.25. The standard InChI is InChI=1S/C11H10F6N2O3/c1-2-21-9(20)7-8(22-11(15,16)17)6(10(12,13)14)5(3-18)4-19-7/h4H,2-3,18H2,1H3. The number of aromatic nitrogens is 1. The molecule has 11 heteroatoms. The maximum atomic E-state index is 13.0. The van der Waals surface area contributed by atoms with Gasteiger partial charge in [-0.15, -0.1) is 13.2 Å². The second-order valence-corrected chi connectivity index (χ2v) is 3.81. The average Bonchev–Trinajstić information content (AvgIpc) is 2.34. The molecule has 124 valence electrons. The Bertz CT molecular complexity index is 556. The summed E-state index contributed by atoms with van der Waals surface area (Å²) in [6, 6.07) is 0. The maximum absolute atomic E-state index is 13.0. The molecule has 0 fully saturated rings. The van der Waals surface area contributed by atoms with Crippen molar-refractivity contribution in [2.24, 2.45) is 5.73 Å². The maximum Gasteiger partial charge on any atom is 0.573 e. The van der Waals surface area contributed by atoms with Gasteiger partial charge in [0.2, 0.25) is 0 Å². The van der Waals surface area contributed by atoms with Crippen LogP contribution in [-0.4, -0.2) is 23.9 Å². The third-order valence-electron chi connectivity index (χ3n) is 2.30. The first kappa shape index (κ1) is 18.0. The molecule has 0 aliphatic rings. The average molecular weight is 332 g/mol. The first-order chi connectivity index (χ1) is 10.0.